The molecule has 0 aliphatic carbocycles. The fraction of sp³-hybridized carbons (Fsp3) is 0.250. The van der Waals surface area contributed by atoms with E-state index in [0.717, 1.165) is 6.07 Å². The molecule has 0 saturated carbocycles. The van der Waals surface area contributed by atoms with E-state index in [-0.39, 0.29) is 24.2 Å². The van der Waals surface area contributed by atoms with Crippen molar-refractivity contribution in [2.45, 2.75) is 18.6 Å². The topological polar surface area (TPSA) is 47.1 Å². The minimum Gasteiger partial charge on any atom is -0.336 e. The first-order valence-electron chi connectivity index (χ1n) is 8.77. The van der Waals surface area contributed by atoms with E-state index in [1.807, 2.05) is 0 Å². The van der Waals surface area contributed by atoms with Crippen LogP contribution in [0.5, 0.6) is 0 Å². The number of rotatable bonds is 4. The van der Waals surface area contributed by atoms with Crippen molar-refractivity contribution in [3.8, 4) is 0 Å². The maximum atomic E-state index is 14.7. The molecule has 2 aromatic carbocycles. The summed E-state index contributed by atoms with van der Waals surface area (Å²) in [4.78, 5) is 6.07. The number of aromatic nitrogens is 2. The summed E-state index contributed by atoms with van der Waals surface area (Å²) in [6.45, 7) is -0.0288. The van der Waals surface area contributed by atoms with E-state index in [4.69, 9.17) is 5.73 Å². The van der Waals surface area contributed by atoms with Crippen molar-refractivity contribution in [1.29, 1.82) is 0 Å². The number of hydrogen-bond donors (Lipinski definition) is 1. The van der Waals surface area contributed by atoms with Crippen LogP contribution in [0.2, 0.25) is 0 Å². The van der Waals surface area contributed by atoms with E-state index in [9.17, 15) is 17.6 Å². The molecular weight excluding hydrogens is 372 g/mol. The van der Waals surface area contributed by atoms with E-state index in [2.05, 4.69) is 4.98 Å². The molecule has 3 aromatic rings. The minimum atomic E-state index is -1.52. The molecule has 0 spiro atoms. The third-order valence-corrected chi connectivity index (χ3v) is 5.26. The van der Waals surface area contributed by atoms with Crippen LogP contribution in [-0.2, 0) is 13.6 Å². The van der Waals surface area contributed by atoms with Crippen molar-refractivity contribution < 1.29 is 17.6 Å². The standard InChI is InChI=1S/C20H18F4N4/c1-27-7-6-26-20(27)19(11-4-2-3-5-14(11)21)28-10-13-12(16(28)9-25)8-15(22)18(24)17(13)23/h2-8,16,19H,9-10,25H2,1H3. The van der Waals surface area contributed by atoms with Crippen molar-refractivity contribution in [2.75, 3.05) is 6.54 Å². The Morgan fingerprint density at radius 3 is 2.54 bits per heavy atom. The third-order valence-electron chi connectivity index (χ3n) is 5.26. The summed E-state index contributed by atoms with van der Waals surface area (Å²) < 4.78 is 58.5. The molecule has 2 atom stereocenters. The minimum absolute atomic E-state index is 0.0207. The Balaban J connectivity index is 1.89. The average molecular weight is 390 g/mol. The zero-order chi connectivity index (χ0) is 20.0. The second-order valence-electron chi connectivity index (χ2n) is 6.80. The van der Waals surface area contributed by atoms with E-state index < -0.39 is 35.4 Å². The molecule has 0 saturated heterocycles. The van der Waals surface area contributed by atoms with Crippen LogP contribution in [0.25, 0.3) is 0 Å². The Bertz CT molecular complexity index is 1030. The molecule has 4 rings (SSSR count). The Labute approximate surface area is 159 Å². The highest BCUT2D eigenvalue weighted by molar-refractivity contribution is 5.39. The first-order valence-corrected chi connectivity index (χ1v) is 8.77. The lowest BCUT2D eigenvalue weighted by Gasteiger charge is -2.33. The molecule has 2 heterocycles. The maximum absolute atomic E-state index is 14.7. The fourth-order valence-corrected chi connectivity index (χ4v) is 3.92. The number of fused-ring (bicyclic) bond motifs is 1. The summed E-state index contributed by atoms with van der Waals surface area (Å²) in [6, 6.07) is 5.83. The molecule has 0 radical (unpaired) electrons. The molecule has 1 aromatic heterocycles. The fourth-order valence-electron chi connectivity index (χ4n) is 3.92. The lowest BCUT2D eigenvalue weighted by molar-refractivity contribution is 0.162. The molecule has 8 heteroatoms. The average Bonchev–Trinajstić information content (AvgIpc) is 3.26. The van der Waals surface area contributed by atoms with E-state index in [1.165, 1.54) is 6.07 Å². The van der Waals surface area contributed by atoms with Gasteiger partial charge >= 0.3 is 0 Å². The summed E-state index contributed by atoms with van der Waals surface area (Å²) in [7, 11) is 1.76. The van der Waals surface area contributed by atoms with Gasteiger partial charge in [0.25, 0.3) is 0 Å². The van der Waals surface area contributed by atoms with Gasteiger partial charge in [0.05, 0.1) is 6.04 Å². The van der Waals surface area contributed by atoms with Crippen LogP contribution >= 0.6 is 0 Å². The monoisotopic (exact) mass is 390 g/mol. The van der Waals surface area contributed by atoms with Gasteiger partial charge in [-0.05, 0) is 17.7 Å². The van der Waals surface area contributed by atoms with Gasteiger partial charge in [-0.25, -0.2) is 22.5 Å². The first-order chi connectivity index (χ1) is 13.4. The number of nitrogens with two attached hydrogens (primary N) is 1. The quantitative estimate of drug-likeness (QED) is 0.547. The zero-order valence-electron chi connectivity index (χ0n) is 15.0. The van der Waals surface area contributed by atoms with Gasteiger partial charge in [-0.2, -0.15) is 0 Å². The van der Waals surface area contributed by atoms with Gasteiger partial charge in [0.1, 0.15) is 11.6 Å². The lowest BCUT2D eigenvalue weighted by atomic mass is 10.0. The van der Waals surface area contributed by atoms with Crippen molar-refractivity contribution in [3.63, 3.8) is 0 Å². The molecular formula is C20H18F4N4. The van der Waals surface area contributed by atoms with Gasteiger partial charge in [0, 0.05) is 49.7 Å². The molecule has 2 unspecified atom stereocenters. The number of aryl methyl sites for hydroxylation is 1. The van der Waals surface area contributed by atoms with Crippen LogP contribution in [0.4, 0.5) is 17.6 Å². The molecule has 4 nitrogen and oxygen atoms in total. The Morgan fingerprint density at radius 2 is 1.89 bits per heavy atom. The van der Waals surface area contributed by atoms with Crippen LogP contribution in [0.15, 0.2) is 42.7 Å². The summed E-state index contributed by atoms with van der Waals surface area (Å²) >= 11 is 0. The third kappa shape index (κ3) is 2.80. The Morgan fingerprint density at radius 1 is 1.14 bits per heavy atom. The van der Waals surface area contributed by atoms with Gasteiger partial charge in [-0.3, -0.25) is 4.90 Å². The van der Waals surface area contributed by atoms with Gasteiger partial charge < -0.3 is 10.3 Å². The summed E-state index contributed by atoms with van der Waals surface area (Å²) in [5.41, 5.74) is 6.55. The smallest absolute Gasteiger partial charge is 0.194 e. The van der Waals surface area contributed by atoms with E-state index in [0.29, 0.717) is 11.4 Å². The summed E-state index contributed by atoms with van der Waals surface area (Å²) in [5, 5.41) is 0. The zero-order valence-corrected chi connectivity index (χ0v) is 15.0. The van der Waals surface area contributed by atoms with Crippen LogP contribution in [0.3, 0.4) is 0 Å². The molecule has 146 valence electrons. The number of benzene rings is 2. The van der Waals surface area contributed by atoms with E-state index in [1.54, 1.807) is 47.1 Å². The molecule has 1 aliphatic heterocycles. The first kappa shape index (κ1) is 18.6. The second-order valence-corrected chi connectivity index (χ2v) is 6.80. The van der Waals surface area contributed by atoms with Crippen LogP contribution in [0, 0.1) is 23.3 Å². The van der Waals surface area contributed by atoms with Gasteiger partial charge in [0.15, 0.2) is 17.5 Å². The second kappa shape index (κ2) is 7.03. The maximum Gasteiger partial charge on any atom is 0.194 e. The van der Waals surface area contributed by atoms with Crippen LogP contribution in [-0.4, -0.2) is 21.0 Å². The van der Waals surface area contributed by atoms with Crippen LogP contribution < -0.4 is 5.73 Å². The highest BCUT2D eigenvalue weighted by Crippen LogP contribution is 2.43. The normalized spacial score (nSPS) is 17.7. The van der Waals surface area contributed by atoms with Gasteiger partial charge in [-0.1, -0.05) is 18.2 Å². The largest absolute Gasteiger partial charge is 0.336 e. The summed E-state index contributed by atoms with van der Waals surface area (Å²) in [5.74, 6) is -3.97. The number of hydrogen-bond acceptors (Lipinski definition) is 3. The number of imidazole rings is 1. The summed E-state index contributed by atoms with van der Waals surface area (Å²) in [6.07, 6.45) is 3.29. The van der Waals surface area contributed by atoms with E-state index >= 15 is 0 Å². The lowest BCUT2D eigenvalue weighted by Crippen LogP contribution is -2.34. The number of nitrogens with zero attached hydrogens (tertiary/aromatic N) is 3. The van der Waals surface area contributed by atoms with Crippen LogP contribution in [0.1, 0.15) is 34.6 Å². The van der Waals surface area contributed by atoms with Gasteiger partial charge in [-0.15, -0.1) is 0 Å². The molecule has 2 N–H and O–H groups in total. The van der Waals surface area contributed by atoms with Crippen molar-refractivity contribution in [1.82, 2.24) is 14.5 Å². The predicted molar refractivity (Wildman–Crippen MR) is 95.1 cm³/mol. The van der Waals surface area contributed by atoms with Crippen molar-refractivity contribution in [3.05, 3.63) is 88.5 Å². The SMILES string of the molecule is Cn1ccnc1C(c1ccccc1F)N1Cc2c(cc(F)c(F)c2F)C1CN. The molecule has 0 bridgehead atoms. The highest BCUT2D eigenvalue weighted by Gasteiger charge is 2.40. The highest BCUT2D eigenvalue weighted by atomic mass is 19.2. The molecule has 1 aliphatic rings. The van der Waals surface area contributed by atoms with Crippen molar-refractivity contribution >= 4 is 0 Å². The van der Waals surface area contributed by atoms with Gasteiger partial charge in [0.2, 0.25) is 0 Å². The molecule has 0 amide bonds. The molecule has 28 heavy (non-hydrogen) atoms. The predicted octanol–water partition coefficient (Wildman–Crippen LogP) is 3.58. The van der Waals surface area contributed by atoms with Crippen molar-refractivity contribution in [2.24, 2.45) is 12.8 Å². The number of halogens is 4. The Hall–Kier alpha value is -2.71. The molecule has 0 fully saturated rings. The Kier molecular flexibility index (Phi) is 4.68.